The highest BCUT2D eigenvalue weighted by Crippen LogP contribution is 2.42. The molecule has 2 heterocycles. The quantitative estimate of drug-likeness (QED) is 0.202. The van der Waals surface area contributed by atoms with Crippen LogP contribution in [-0.2, 0) is 0 Å². The maximum atomic E-state index is 10.4. The molecule has 0 radical (unpaired) electrons. The van der Waals surface area contributed by atoms with Crippen LogP contribution < -0.4 is 0 Å². The predicted octanol–water partition coefficient (Wildman–Crippen LogP) is 11.1. The van der Waals surface area contributed by atoms with Crippen molar-refractivity contribution in [3.05, 3.63) is 169 Å². The molecule has 0 spiro atoms. The second kappa shape index (κ2) is 10.4. The fourth-order valence-electron chi connectivity index (χ4n) is 7.09. The van der Waals surface area contributed by atoms with E-state index in [9.17, 15) is 5.26 Å². The Morgan fingerprint density at radius 2 is 0.978 bits per heavy atom. The molecule has 0 bridgehead atoms. The molecule has 0 saturated heterocycles. The van der Waals surface area contributed by atoms with Crippen molar-refractivity contribution in [2.75, 3.05) is 0 Å². The van der Waals surface area contributed by atoms with Gasteiger partial charge < -0.3 is 9.13 Å². The summed E-state index contributed by atoms with van der Waals surface area (Å²) < 4.78 is 4.66. The highest BCUT2D eigenvalue weighted by molar-refractivity contribution is 6.26. The molecular weight excluding hydrogens is 558 g/mol. The molecule has 0 atom stereocenters. The molecule has 9 rings (SSSR count). The molecule has 0 saturated carbocycles. The van der Waals surface area contributed by atoms with Crippen molar-refractivity contribution in [3.8, 4) is 39.7 Å². The molecule has 46 heavy (non-hydrogen) atoms. The van der Waals surface area contributed by atoms with Gasteiger partial charge in [0, 0.05) is 27.2 Å². The number of nitrogens with zero attached hydrogens (tertiary/aromatic N) is 3. The van der Waals surface area contributed by atoms with Gasteiger partial charge in [0.25, 0.3) is 0 Å². The third-order valence-corrected chi connectivity index (χ3v) is 9.17. The van der Waals surface area contributed by atoms with Gasteiger partial charge in [-0.3, -0.25) is 0 Å². The standard InChI is InChI=1S/C43H27N3/c44-28-33-24-23-32(31-21-19-30(20-22-31)29-11-3-1-4-12-29)27-41(33)46-39-18-10-8-16-37(39)42-40(46)26-25-36-35-15-7-9-17-38(35)45(43(36)42)34-13-5-2-6-14-34/h1-27H. The molecule has 0 amide bonds. The van der Waals surface area contributed by atoms with E-state index >= 15 is 0 Å². The first-order chi connectivity index (χ1) is 22.8. The van der Waals surface area contributed by atoms with E-state index in [2.05, 4.69) is 167 Å². The van der Waals surface area contributed by atoms with E-state index in [0.717, 1.165) is 38.9 Å². The fourth-order valence-corrected chi connectivity index (χ4v) is 7.09. The number of hydrogen-bond acceptors (Lipinski definition) is 1. The molecular formula is C43H27N3. The minimum atomic E-state index is 0.635. The van der Waals surface area contributed by atoms with Crippen LogP contribution >= 0.6 is 0 Å². The Morgan fingerprint density at radius 1 is 0.413 bits per heavy atom. The second-order valence-corrected chi connectivity index (χ2v) is 11.7. The van der Waals surface area contributed by atoms with Gasteiger partial charge in [0.2, 0.25) is 0 Å². The van der Waals surface area contributed by atoms with Crippen LogP contribution in [0.1, 0.15) is 5.56 Å². The number of hydrogen-bond donors (Lipinski definition) is 0. The normalized spacial score (nSPS) is 11.5. The summed E-state index contributed by atoms with van der Waals surface area (Å²) in [7, 11) is 0. The first-order valence-corrected chi connectivity index (χ1v) is 15.5. The lowest BCUT2D eigenvalue weighted by molar-refractivity contribution is 1.16. The molecule has 0 aliphatic heterocycles. The van der Waals surface area contributed by atoms with Crippen LogP contribution in [0, 0.1) is 11.3 Å². The summed E-state index contributed by atoms with van der Waals surface area (Å²) in [5.74, 6) is 0. The molecule has 3 heteroatoms. The Morgan fingerprint density at radius 3 is 1.70 bits per heavy atom. The van der Waals surface area contributed by atoms with Crippen molar-refractivity contribution < 1.29 is 0 Å². The van der Waals surface area contributed by atoms with E-state index < -0.39 is 0 Å². The third kappa shape index (κ3) is 3.91. The Balaban J connectivity index is 1.33. The van der Waals surface area contributed by atoms with Crippen molar-refractivity contribution in [3.63, 3.8) is 0 Å². The molecule has 0 aliphatic rings. The van der Waals surface area contributed by atoms with Crippen molar-refractivity contribution >= 4 is 43.6 Å². The van der Waals surface area contributed by atoms with Crippen LogP contribution in [0.25, 0.3) is 77.2 Å². The third-order valence-electron chi connectivity index (χ3n) is 9.17. The Hall–Kier alpha value is -6.37. The van der Waals surface area contributed by atoms with Crippen LogP contribution in [0.2, 0.25) is 0 Å². The summed E-state index contributed by atoms with van der Waals surface area (Å²) in [6.45, 7) is 0. The topological polar surface area (TPSA) is 33.6 Å². The summed E-state index contributed by atoms with van der Waals surface area (Å²) in [6.07, 6.45) is 0. The molecule has 0 N–H and O–H groups in total. The van der Waals surface area contributed by atoms with Crippen molar-refractivity contribution in [2.45, 2.75) is 0 Å². The smallest absolute Gasteiger partial charge is 0.101 e. The van der Waals surface area contributed by atoms with Crippen molar-refractivity contribution in [1.29, 1.82) is 5.26 Å². The van der Waals surface area contributed by atoms with Crippen LogP contribution in [0.4, 0.5) is 0 Å². The average Bonchev–Trinajstić information content (AvgIpc) is 3.65. The molecule has 0 fully saturated rings. The monoisotopic (exact) mass is 585 g/mol. The minimum Gasteiger partial charge on any atom is -0.309 e. The van der Waals surface area contributed by atoms with Gasteiger partial charge in [-0.2, -0.15) is 5.26 Å². The van der Waals surface area contributed by atoms with E-state index in [1.165, 1.54) is 38.3 Å². The van der Waals surface area contributed by atoms with Crippen LogP contribution in [0.5, 0.6) is 0 Å². The summed E-state index contributed by atoms with van der Waals surface area (Å²) >= 11 is 0. The van der Waals surface area contributed by atoms with Gasteiger partial charge in [0.1, 0.15) is 6.07 Å². The number of benzene rings is 7. The van der Waals surface area contributed by atoms with E-state index in [0.29, 0.717) is 5.56 Å². The lowest BCUT2D eigenvalue weighted by Crippen LogP contribution is -1.98. The van der Waals surface area contributed by atoms with Gasteiger partial charge in [-0.15, -0.1) is 0 Å². The maximum absolute atomic E-state index is 10.4. The minimum absolute atomic E-state index is 0.635. The summed E-state index contributed by atoms with van der Waals surface area (Å²) in [6, 6.07) is 60.0. The zero-order valence-electron chi connectivity index (χ0n) is 24.9. The van der Waals surface area contributed by atoms with Gasteiger partial charge in [-0.1, -0.05) is 121 Å². The lowest BCUT2D eigenvalue weighted by atomic mass is 9.99. The lowest BCUT2D eigenvalue weighted by Gasteiger charge is -2.13. The molecule has 0 unspecified atom stereocenters. The van der Waals surface area contributed by atoms with Crippen molar-refractivity contribution in [1.82, 2.24) is 9.13 Å². The molecule has 3 nitrogen and oxygen atoms in total. The number of para-hydroxylation sites is 3. The zero-order chi connectivity index (χ0) is 30.6. The summed E-state index contributed by atoms with van der Waals surface area (Å²) in [4.78, 5) is 0. The Labute approximate surface area is 266 Å². The van der Waals surface area contributed by atoms with Crippen molar-refractivity contribution in [2.24, 2.45) is 0 Å². The van der Waals surface area contributed by atoms with Gasteiger partial charge in [-0.25, -0.2) is 0 Å². The molecule has 7 aromatic carbocycles. The van der Waals surface area contributed by atoms with Gasteiger partial charge >= 0.3 is 0 Å². The molecule has 214 valence electrons. The van der Waals surface area contributed by atoms with Gasteiger partial charge in [-0.05, 0) is 64.7 Å². The van der Waals surface area contributed by atoms with E-state index in [1.54, 1.807) is 0 Å². The maximum Gasteiger partial charge on any atom is 0.101 e. The Bertz CT molecular complexity index is 2620. The second-order valence-electron chi connectivity index (χ2n) is 11.7. The Kier molecular flexibility index (Phi) is 5.88. The fraction of sp³-hybridized carbons (Fsp3) is 0. The largest absolute Gasteiger partial charge is 0.309 e. The van der Waals surface area contributed by atoms with E-state index in [1.807, 2.05) is 12.1 Å². The van der Waals surface area contributed by atoms with E-state index in [-0.39, 0.29) is 0 Å². The number of aromatic nitrogens is 2. The van der Waals surface area contributed by atoms with E-state index in [4.69, 9.17) is 0 Å². The first kappa shape index (κ1) is 26.1. The van der Waals surface area contributed by atoms with Crippen LogP contribution in [-0.4, -0.2) is 9.13 Å². The predicted molar refractivity (Wildman–Crippen MR) is 191 cm³/mol. The summed E-state index contributed by atoms with van der Waals surface area (Å²) in [5.41, 5.74) is 11.7. The summed E-state index contributed by atoms with van der Waals surface area (Å²) in [5, 5.41) is 15.1. The average molecular weight is 586 g/mol. The van der Waals surface area contributed by atoms with Gasteiger partial charge in [0.15, 0.2) is 0 Å². The molecule has 2 aromatic heterocycles. The highest BCUT2D eigenvalue weighted by atomic mass is 15.0. The molecule has 0 aliphatic carbocycles. The number of nitriles is 1. The SMILES string of the molecule is N#Cc1ccc(-c2ccc(-c3ccccc3)cc2)cc1-n1c2ccccc2c2c1ccc1c3ccccc3n(-c3ccccc3)c12. The van der Waals surface area contributed by atoms with Crippen LogP contribution in [0.3, 0.4) is 0 Å². The van der Waals surface area contributed by atoms with Crippen LogP contribution in [0.15, 0.2) is 164 Å². The highest BCUT2D eigenvalue weighted by Gasteiger charge is 2.21. The number of rotatable bonds is 4. The molecule has 9 aromatic rings. The first-order valence-electron chi connectivity index (χ1n) is 15.5. The number of fused-ring (bicyclic) bond motifs is 7. The van der Waals surface area contributed by atoms with Gasteiger partial charge in [0.05, 0.1) is 33.3 Å². The zero-order valence-corrected chi connectivity index (χ0v) is 24.9.